The third-order valence-electron chi connectivity index (χ3n) is 4.29. The number of rotatable bonds is 4. The minimum absolute atomic E-state index is 0.257. The SMILES string of the molecule is CNC(c1cccc(Br)c1)c1cccc(C2CCC2)c1. The van der Waals surface area contributed by atoms with Gasteiger partial charge >= 0.3 is 0 Å². The third kappa shape index (κ3) is 2.82. The molecule has 0 radical (unpaired) electrons. The van der Waals surface area contributed by atoms with Crippen LogP contribution < -0.4 is 5.32 Å². The summed E-state index contributed by atoms with van der Waals surface area (Å²) in [7, 11) is 2.03. The van der Waals surface area contributed by atoms with Crippen LogP contribution in [0, 0.1) is 0 Å². The molecule has 104 valence electrons. The van der Waals surface area contributed by atoms with Crippen LogP contribution in [0.25, 0.3) is 0 Å². The Hall–Kier alpha value is -1.12. The summed E-state index contributed by atoms with van der Waals surface area (Å²) in [6.07, 6.45) is 4.09. The molecule has 2 heteroatoms. The van der Waals surface area contributed by atoms with E-state index in [9.17, 15) is 0 Å². The number of nitrogens with one attached hydrogen (secondary N) is 1. The van der Waals surface area contributed by atoms with Crippen LogP contribution in [0.2, 0.25) is 0 Å². The molecule has 1 fully saturated rings. The summed E-state index contributed by atoms with van der Waals surface area (Å²) in [4.78, 5) is 0. The van der Waals surface area contributed by atoms with Crippen LogP contribution in [0.5, 0.6) is 0 Å². The highest BCUT2D eigenvalue weighted by Gasteiger charge is 2.20. The lowest BCUT2D eigenvalue weighted by molar-refractivity contribution is 0.419. The summed E-state index contributed by atoms with van der Waals surface area (Å²) < 4.78 is 1.13. The third-order valence-corrected chi connectivity index (χ3v) is 4.78. The van der Waals surface area contributed by atoms with Crippen LogP contribution in [0.1, 0.15) is 47.9 Å². The van der Waals surface area contributed by atoms with Gasteiger partial charge in [0.25, 0.3) is 0 Å². The fraction of sp³-hybridized carbons (Fsp3) is 0.333. The van der Waals surface area contributed by atoms with Crippen molar-refractivity contribution in [1.82, 2.24) is 5.32 Å². The Kier molecular flexibility index (Phi) is 4.23. The van der Waals surface area contributed by atoms with Gasteiger partial charge in [-0.15, -0.1) is 0 Å². The van der Waals surface area contributed by atoms with E-state index in [1.807, 2.05) is 7.05 Å². The second-order valence-corrected chi connectivity index (χ2v) is 6.49. The summed E-state index contributed by atoms with van der Waals surface area (Å²) in [6, 6.07) is 17.9. The van der Waals surface area contributed by atoms with Crippen molar-refractivity contribution in [2.45, 2.75) is 31.2 Å². The van der Waals surface area contributed by atoms with Gasteiger partial charge in [0.2, 0.25) is 0 Å². The predicted molar refractivity (Wildman–Crippen MR) is 88.1 cm³/mol. The first-order valence-electron chi connectivity index (χ1n) is 7.30. The molecule has 1 aliphatic rings. The van der Waals surface area contributed by atoms with Crippen LogP contribution in [0.15, 0.2) is 53.0 Å². The Balaban J connectivity index is 1.92. The maximum atomic E-state index is 3.56. The fourth-order valence-corrected chi connectivity index (χ4v) is 3.36. The molecule has 0 aliphatic heterocycles. The first-order valence-corrected chi connectivity index (χ1v) is 8.10. The second-order valence-electron chi connectivity index (χ2n) is 5.57. The van der Waals surface area contributed by atoms with E-state index in [0.717, 1.165) is 10.4 Å². The van der Waals surface area contributed by atoms with Gasteiger partial charge in [-0.05, 0) is 54.6 Å². The van der Waals surface area contributed by atoms with E-state index < -0.39 is 0 Å². The normalized spacial score (nSPS) is 16.7. The van der Waals surface area contributed by atoms with Gasteiger partial charge in [-0.2, -0.15) is 0 Å². The van der Waals surface area contributed by atoms with E-state index in [1.165, 1.54) is 36.0 Å². The highest BCUT2D eigenvalue weighted by atomic mass is 79.9. The number of halogens is 1. The van der Waals surface area contributed by atoms with Crippen LogP contribution in [0.3, 0.4) is 0 Å². The Bertz CT molecular complexity index is 589. The molecule has 0 amide bonds. The minimum Gasteiger partial charge on any atom is -0.309 e. The number of benzene rings is 2. The van der Waals surface area contributed by atoms with Crippen molar-refractivity contribution in [2.75, 3.05) is 7.05 Å². The van der Waals surface area contributed by atoms with Gasteiger partial charge in [0, 0.05) is 4.47 Å². The van der Waals surface area contributed by atoms with Gasteiger partial charge in [-0.25, -0.2) is 0 Å². The predicted octanol–water partition coefficient (Wildman–Crippen LogP) is 5.03. The average Bonchev–Trinajstić information content (AvgIpc) is 2.38. The topological polar surface area (TPSA) is 12.0 Å². The van der Waals surface area contributed by atoms with Crippen LogP contribution >= 0.6 is 15.9 Å². The molecule has 2 aromatic rings. The van der Waals surface area contributed by atoms with E-state index in [0.29, 0.717) is 0 Å². The first kappa shape index (κ1) is 13.8. The van der Waals surface area contributed by atoms with Crippen molar-refractivity contribution in [3.63, 3.8) is 0 Å². The van der Waals surface area contributed by atoms with Gasteiger partial charge in [-0.1, -0.05) is 58.7 Å². The zero-order chi connectivity index (χ0) is 13.9. The maximum Gasteiger partial charge on any atom is 0.0574 e. The Morgan fingerprint density at radius 1 is 1.05 bits per heavy atom. The van der Waals surface area contributed by atoms with Crippen LogP contribution in [-0.2, 0) is 0 Å². The summed E-state index contributed by atoms with van der Waals surface area (Å²) in [6.45, 7) is 0. The lowest BCUT2D eigenvalue weighted by atomic mass is 9.79. The Labute approximate surface area is 129 Å². The molecule has 0 spiro atoms. The summed E-state index contributed by atoms with van der Waals surface area (Å²) in [5.74, 6) is 0.787. The van der Waals surface area contributed by atoms with E-state index in [1.54, 1.807) is 0 Å². The molecule has 1 saturated carbocycles. The van der Waals surface area contributed by atoms with Crippen molar-refractivity contribution in [3.8, 4) is 0 Å². The van der Waals surface area contributed by atoms with Crippen LogP contribution in [-0.4, -0.2) is 7.05 Å². The smallest absolute Gasteiger partial charge is 0.0574 e. The van der Waals surface area contributed by atoms with Gasteiger partial charge in [-0.3, -0.25) is 0 Å². The van der Waals surface area contributed by atoms with Gasteiger partial charge in [0.1, 0.15) is 0 Å². The van der Waals surface area contributed by atoms with Crippen LogP contribution in [0.4, 0.5) is 0 Å². The number of hydrogen-bond acceptors (Lipinski definition) is 1. The molecular formula is C18H20BrN. The summed E-state index contributed by atoms with van der Waals surface area (Å²) >= 11 is 3.56. The molecule has 1 N–H and O–H groups in total. The largest absolute Gasteiger partial charge is 0.309 e. The highest BCUT2D eigenvalue weighted by molar-refractivity contribution is 9.10. The summed E-state index contributed by atoms with van der Waals surface area (Å²) in [5.41, 5.74) is 4.16. The lowest BCUT2D eigenvalue weighted by Crippen LogP contribution is -2.18. The molecule has 1 atom stereocenters. The Morgan fingerprint density at radius 2 is 1.75 bits per heavy atom. The highest BCUT2D eigenvalue weighted by Crippen LogP contribution is 2.37. The standard InChI is InChI=1S/C18H20BrN/c1-20-18(16-9-4-10-17(19)12-16)15-8-3-7-14(11-15)13-5-2-6-13/h3-4,7-13,18,20H,2,5-6H2,1H3. The van der Waals surface area contributed by atoms with Gasteiger partial charge in [0.15, 0.2) is 0 Å². The molecule has 3 rings (SSSR count). The molecular weight excluding hydrogens is 310 g/mol. The second kappa shape index (κ2) is 6.11. The quantitative estimate of drug-likeness (QED) is 0.829. The zero-order valence-electron chi connectivity index (χ0n) is 11.8. The van der Waals surface area contributed by atoms with Crippen molar-refractivity contribution < 1.29 is 0 Å². The van der Waals surface area contributed by atoms with E-state index in [4.69, 9.17) is 0 Å². The molecule has 20 heavy (non-hydrogen) atoms. The monoisotopic (exact) mass is 329 g/mol. The van der Waals surface area contributed by atoms with E-state index in [2.05, 4.69) is 69.8 Å². The van der Waals surface area contributed by atoms with Gasteiger partial charge < -0.3 is 5.32 Å². The molecule has 2 aromatic carbocycles. The minimum atomic E-state index is 0.257. The van der Waals surface area contributed by atoms with Crippen molar-refractivity contribution in [2.24, 2.45) is 0 Å². The maximum absolute atomic E-state index is 3.56. The summed E-state index contributed by atoms with van der Waals surface area (Å²) in [5, 5.41) is 3.44. The van der Waals surface area contributed by atoms with Crippen molar-refractivity contribution in [3.05, 3.63) is 69.7 Å². The van der Waals surface area contributed by atoms with Gasteiger partial charge in [0.05, 0.1) is 6.04 Å². The molecule has 0 bridgehead atoms. The molecule has 0 aromatic heterocycles. The molecule has 1 aliphatic carbocycles. The fourth-order valence-electron chi connectivity index (χ4n) is 2.95. The molecule has 1 nitrogen and oxygen atoms in total. The van der Waals surface area contributed by atoms with Crippen molar-refractivity contribution in [1.29, 1.82) is 0 Å². The average molecular weight is 330 g/mol. The van der Waals surface area contributed by atoms with E-state index >= 15 is 0 Å². The van der Waals surface area contributed by atoms with E-state index in [-0.39, 0.29) is 6.04 Å². The molecule has 0 heterocycles. The first-order chi connectivity index (χ1) is 9.78. The zero-order valence-corrected chi connectivity index (χ0v) is 13.4. The molecule has 1 unspecified atom stereocenters. The van der Waals surface area contributed by atoms with Crippen molar-refractivity contribution >= 4 is 15.9 Å². The number of hydrogen-bond donors (Lipinski definition) is 1. The lowest BCUT2D eigenvalue weighted by Gasteiger charge is -2.27. The molecule has 0 saturated heterocycles. The Morgan fingerprint density at radius 3 is 2.35 bits per heavy atom.